The van der Waals surface area contributed by atoms with Gasteiger partial charge in [0, 0.05) is 19.3 Å². The number of rotatable bonds is 43. The number of esters is 3. The molecule has 320 valence electrons. The van der Waals surface area contributed by atoms with E-state index in [9.17, 15) is 14.4 Å². The third-order valence-corrected chi connectivity index (χ3v) is 10.8. The van der Waals surface area contributed by atoms with E-state index in [1.165, 1.54) is 161 Å². The minimum Gasteiger partial charge on any atom is -0.462 e. The molecule has 54 heavy (non-hydrogen) atoms. The van der Waals surface area contributed by atoms with Crippen LogP contribution in [0.4, 0.5) is 0 Å². The van der Waals surface area contributed by atoms with Gasteiger partial charge >= 0.3 is 17.9 Å². The Morgan fingerprint density at radius 1 is 0.352 bits per heavy atom. The first-order valence-corrected chi connectivity index (χ1v) is 23.9. The molecule has 0 aromatic heterocycles. The normalized spacial score (nSPS) is 11.9. The average molecular weight is 765 g/mol. The van der Waals surface area contributed by atoms with E-state index in [2.05, 4.69) is 27.7 Å². The molecule has 1 atom stereocenters. The molecule has 0 heterocycles. The summed E-state index contributed by atoms with van der Waals surface area (Å²) in [6.07, 6.45) is 42.4. The van der Waals surface area contributed by atoms with Crippen LogP contribution in [0, 0.1) is 5.92 Å². The lowest BCUT2D eigenvalue weighted by Crippen LogP contribution is -2.30. The quantitative estimate of drug-likeness (QED) is 0.0349. The van der Waals surface area contributed by atoms with Crippen molar-refractivity contribution in [1.29, 1.82) is 0 Å². The molecular weight excluding hydrogens is 673 g/mol. The highest BCUT2D eigenvalue weighted by atomic mass is 16.6. The van der Waals surface area contributed by atoms with Gasteiger partial charge in [0.1, 0.15) is 13.2 Å². The Kier molecular flexibility index (Phi) is 41.3. The van der Waals surface area contributed by atoms with Gasteiger partial charge in [-0.15, -0.1) is 0 Å². The van der Waals surface area contributed by atoms with Crippen LogP contribution >= 0.6 is 0 Å². The molecule has 0 amide bonds. The van der Waals surface area contributed by atoms with Gasteiger partial charge in [-0.2, -0.15) is 0 Å². The van der Waals surface area contributed by atoms with E-state index in [-0.39, 0.29) is 31.1 Å². The molecule has 0 aliphatic heterocycles. The predicted octanol–water partition coefficient (Wildman–Crippen LogP) is 15.1. The monoisotopic (exact) mass is 765 g/mol. The standard InChI is InChI=1S/C48H92O6/c1-5-7-9-11-13-14-15-16-17-18-21-24-28-32-36-40-47(50)53-43-45(42-52-46(49)39-35-31-26-12-10-8-6-2)54-48(51)41-37-33-29-25-22-19-20-23-27-30-34-38-44(3)4/h44-45H,5-43H2,1-4H3/t45-/m1/s1. The molecule has 0 saturated heterocycles. The SMILES string of the molecule is CCCCCCCCCCCCCCCCCC(=O)OC[C@@H](COC(=O)CCCCCCCCC)OC(=O)CCCCCCCCCCCCCC(C)C. The molecule has 0 spiro atoms. The van der Waals surface area contributed by atoms with Crippen LogP contribution in [-0.4, -0.2) is 37.2 Å². The minimum absolute atomic E-state index is 0.0637. The fraction of sp³-hybridized carbons (Fsp3) is 0.938. The van der Waals surface area contributed by atoms with Gasteiger partial charge in [0.05, 0.1) is 0 Å². The summed E-state index contributed by atoms with van der Waals surface area (Å²) in [5, 5.41) is 0. The van der Waals surface area contributed by atoms with Gasteiger partial charge < -0.3 is 14.2 Å². The first-order chi connectivity index (χ1) is 26.4. The number of carbonyl (C=O) groups excluding carboxylic acids is 3. The van der Waals surface area contributed by atoms with Crippen LogP contribution in [0.15, 0.2) is 0 Å². The van der Waals surface area contributed by atoms with Crippen molar-refractivity contribution >= 4 is 17.9 Å². The maximum Gasteiger partial charge on any atom is 0.306 e. The molecule has 0 aliphatic carbocycles. The number of carbonyl (C=O) groups is 3. The molecule has 0 aromatic rings. The zero-order chi connectivity index (χ0) is 39.6. The van der Waals surface area contributed by atoms with Crippen molar-refractivity contribution in [2.24, 2.45) is 5.92 Å². The average Bonchev–Trinajstić information content (AvgIpc) is 3.15. The van der Waals surface area contributed by atoms with Gasteiger partial charge in [-0.05, 0) is 25.2 Å². The van der Waals surface area contributed by atoms with Crippen LogP contribution in [0.25, 0.3) is 0 Å². The first-order valence-electron chi connectivity index (χ1n) is 23.9. The maximum atomic E-state index is 12.7. The number of ether oxygens (including phenoxy) is 3. The highest BCUT2D eigenvalue weighted by Gasteiger charge is 2.19. The molecule has 0 bridgehead atoms. The maximum absolute atomic E-state index is 12.7. The molecule has 0 unspecified atom stereocenters. The van der Waals surface area contributed by atoms with Crippen molar-refractivity contribution < 1.29 is 28.6 Å². The van der Waals surface area contributed by atoms with Crippen molar-refractivity contribution in [2.45, 2.75) is 271 Å². The third kappa shape index (κ3) is 41.6. The number of hydrogen-bond donors (Lipinski definition) is 0. The Morgan fingerprint density at radius 2 is 0.611 bits per heavy atom. The summed E-state index contributed by atoms with van der Waals surface area (Å²) in [4.78, 5) is 37.7. The van der Waals surface area contributed by atoms with Crippen molar-refractivity contribution in [1.82, 2.24) is 0 Å². The second kappa shape index (κ2) is 42.6. The van der Waals surface area contributed by atoms with Crippen LogP contribution in [0.1, 0.15) is 265 Å². The lowest BCUT2D eigenvalue weighted by Gasteiger charge is -2.18. The smallest absolute Gasteiger partial charge is 0.306 e. The fourth-order valence-corrected chi connectivity index (χ4v) is 7.16. The summed E-state index contributed by atoms with van der Waals surface area (Å²) in [6, 6.07) is 0. The molecule has 0 fully saturated rings. The fourth-order valence-electron chi connectivity index (χ4n) is 7.16. The predicted molar refractivity (Wildman–Crippen MR) is 229 cm³/mol. The van der Waals surface area contributed by atoms with Crippen molar-refractivity contribution in [3.63, 3.8) is 0 Å². The molecule has 6 heteroatoms. The lowest BCUT2D eigenvalue weighted by atomic mass is 10.0. The second-order valence-corrected chi connectivity index (χ2v) is 16.9. The van der Waals surface area contributed by atoms with Gasteiger partial charge in [0.25, 0.3) is 0 Å². The molecule has 0 aliphatic rings. The second-order valence-electron chi connectivity index (χ2n) is 16.9. The number of hydrogen-bond acceptors (Lipinski definition) is 6. The van der Waals surface area contributed by atoms with Gasteiger partial charge in [0.15, 0.2) is 6.10 Å². The summed E-state index contributed by atoms with van der Waals surface area (Å²) in [5.41, 5.74) is 0. The van der Waals surface area contributed by atoms with E-state index in [1.807, 2.05) is 0 Å². The van der Waals surface area contributed by atoms with E-state index < -0.39 is 6.10 Å². The Morgan fingerprint density at radius 3 is 0.907 bits per heavy atom. The lowest BCUT2D eigenvalue weighted by molar-refractivity contribution is -0.167. The van der Waals surface area contributed by atoms with Crippen LogP contribution in [-0.2, 0) is 28.6 Å². The Balaban J connectivity index is 4.24. The molecule has 0 N–H and O–H groups in total. The summed E-state index contributed by atoms with van der Waals surface area (Å²) >= 11 is 0. The Hall–Kier alpha value is -1.59. The van der Waals surface area contributed by atoms with Crippen LogP contribution in [0.2, 0.25) is 0 Å². The minimum atomic E-state index is -0.758. The molecule has 6 nitrogen and oxygen atoms in total. The largest absolute Gasteiger partial charge is 0.462 e. The molecule has 0 aromatic carbocycles. The summed E-state index contributed by atoms with van der Waals surface area (Å²) in [5.74, 6) is -0.0319. The highest BCUT2D eigenvalue weighted by Crippen LogP contribution is 2.16. The molecular formula is C48H92O6. The van der Waals surface area contributed by atoms with E-state index in [1.54, 1.807) is 0 Å². The topological polar surface area (TPSA) is 78.9 Å². The van der Waals surface area contributed by atoms with E-state index in [4.69, 9.17) is 14.2 Å². The zero-order valence-electron chi connectivity index (χ0n) is 36.7. The van der Waals surface area contributed by atoms with Gasteiger partial charge in [-0.3, -0.25) is 14.4 Å². The number of unbranched alkanes of at least 4 members (excludes halogenated alkanes) is 30. The Labute approximate surface area is 336 Å². The molecule has 0 radical (unpaired) electrons. The van der Waals surface area contributed by atoms with Crippen LogP contribution in [0.5, 0.6) is 0 Å². The van der Waals surface area contributed by atoms with Crippen molar-refractivity contribution in [2.75, 3.05) is 13.2 Å². The van der Waals surface area contributed by atoms with Gasteiger partial charge in [-0.1, -0.05) is 227 Å². The van der Waals surface area contributed by atoms with Gasteiger partial charge in [0.2, 0.25) is 0 Å². The highest BCUT2D eigenvalue weighted by molar-refractivity contribution is 5.71. The van der Waals surface area contributed by atoms with Gasteiger partial charge in [-0.25, -0.2) is 0 Å². The van der Waals surface area contributed by atoms with E-state index >= 15 is 0 Å². The Bertz CT molecular complexity index is 811. The first kappa shape index (κ1) is 52.4. The van der Waals surface area contributed by atoms with Crippen LogP contribution < -0.4 is 0 Å². The van der Waals surface area contributed by atoms with E-state index in [0.717, 1.165) is 63.7 Å². The van der Waals surface area contributed by atoms with Crippen molar-refractivity contribution in [3.8, 4) is 0 Å². The summed E-state index contributed by atoms with van der Waals surface area (Å²) in [7, 11) is 0. The molecule has 0 saturated carbocycles. The van der Waals surface area contributed by atoms with Crippen LogP contribution in [0.3, 0.4) is 0 Å². The van der Waals surface area contributed by atoms with E-state index in [0.29, 0.717) is 19.3 Å². The zero-order valence-corrected chi connectivity index (χ0v) is 36.7. The van der Waals surface area contributed by atoms with Crippen molar-refractivity contribution in [3.05, 3.63) is 0 Å². The third-order valence-electron chi connectivity index (χ3n) is 10.8. The summed E-state index contributed by atoms with van der Waals surface area (Å²) < 4.78 is 16.7. The molecule has 0 rings (SSSR count). The summed E-state index contributed by atoms with van der Waals surface area (Å²) in [6.45, 7) is 8.97.